The largest absolute Gasteiger partial charge is 0.435 e. The summed E-state index contributed by atoms with van der Waals surface area (Å²) in [6, 6.07) is 34.5. The van der Waals surface area contributed by atoms with Gasteiger partial charge in [0, 0.05) is 22.4 Å². The van der Waals surface area contributed by atoms with Crippen LogP contribution in [0.2, 0.25) is 0 Å². The third kappa shape index (κ3) is 4.78. The number of hydrogen-bond acceptors (Lipinski definition) is 4. The van der Waals surface area contributed by atoms with Crippen LogP contribution in [0.3, 0.4) is 0 Å². The van der Waals surface area contributed by atoms with Crippen LogP contribution >= 0.6 is 0 Å². The normalized spacial score (nSPS) is 10.8. The molecule has 0 fully saturated rings. The zero-order chi connectivity index (χ0) is 24.2. The fraction of sp³-hybridized carbons (Fsp3) is 0.0968. The van der Waals surface area contributed by atoms with Crippen molar-refractivity contribution in [1.29, 1.82) is 0 Å². The van der Waals surface area contributed by atoms with Gasteiger partial charge in [-0.25, -0.2) is 4.98 Å². The molecule has 1 heterocycles. The van der Waals surface area contributed by atoms with Gasteiger partial charge in [0.1, 0.15) is 11.5 Å². The zero-order valence-corrected chi connectivity index (χ0v) is 19.8. The molecule has 5 aromatic rings. The summed E-state index contributed by atoms with van der Waals surface area (Å²) in [7, 11) is 0. The first-order valence-electron chi connectivity index (χ1n) is 11.7. The van der Waals surface area contributed by atoms with Crippen molar-refractivity contribution < 1.29 is 9.21 Å². The van der Waals surface area contributed by atoms with Crippen LogP contribution in [0, 0.1) is 6.92 Å². The predicted octanol–water partition coefficient (Wildman–Crippen LogP) is 7.65. The minimum atomic E-state index is 0.0913. The van der Waals surface area contributed by atoms with Gasteiger partial charge < -0.3 is 9.73 Å². The van der Waals surface area contributed by atoms with Crippen LogP contribution in [-0.4, -0.2) is 17.3 Å². The van der Waals surface area contributed by atoms with Crippen molar-refractivity contribution in [3.8, 4) is 45.2 Å². The summed E-state index contributed by atoms with van der Waals surface area (Å²) in [6.07, 6.45) is 0. The van der Waals surface area contributed by atoms with Gasteiger partial charge in [-0.15, -0.1) is 0 Å². The number of oxazole rings is 1. The first-order chi connectivity index (χ1) is 17.1. The van der Waals surface area contributed by atoms with Crippen molar-refractivity contribution in [1.82, 2.24) is 4.98 Å². The number of benzene rings is 4. The highest BCUT2D eigenvalue weighted by Crippen LogP contribution is 2.40. The van der Waals surface area contributed by atoms with E-state index in [0.29, 0.717) is 12.4 Å². The number of rotatable bonds is 7. The fourth-order valence-electron chi connectivity index (χ4n) is 4.25. The van der Waals surface area contributed by atoms with Crippen LogP contribution in [0.25, 0.3) is 45.2 Å². The Morgan fingerprint density at radius 2 is 1.46 bits per heavy atom. The van der Waals surface area contributed by atoms with Crippen molar-refractivity contribution in [3.63, 3.8) is 0 Å². The third-order valence-corrected chi connectivity index (χ3v) is 5.91. The second-order valence-corrected chi connectivity index (χ2v) is 8.56. The number of aromatic nitrogens is 1. The minimum absolute atomic E-state index is 0.0913. The lowest BCUT2D eigenvalue weighted by Gasteiger charge is -2.13. The van der Waals surface area contributed by atoms with E-state index in [1.165, 1.54) is 0 Å². The van der Waals surface area contributed by atoms with E-state index in [1.54, 1.807) is 6.92 Å². The number of aryl methyl sites for hydroxylation is 1. The molecule has 172 valence electrons. The molecule has 0 radical (unpaired) electrons. The highest BCUT2D eigenvalue weighted by atomic mass is 16.4. The highest BCUT2D eigenvalue weighted by molar-refractivity contribution is 5.87. The minimum Gasteiger partial charge on any atom is -0.435 e. The molecule has 1 aromatic heterocycles. The van der Waals surface area contributed by atoms with Crippen LogP contribution in [0.15, 0.2) is 108 Å². The van der Waals surface area contributed by atoms with Crippen LogP contribution in [0.5, 0.6) is 0 Å². The molecule has 1 N–H and O–H groups in total. The molecule has 0 saturated carbocycles. The molecule has 35 heavy (non-hydrogen) atoms. The Balaban J connectivity index is 1.66. The number of hydrogen-bond donors (Lipinski definition) is 1. The lowest BCUT2D eigenvalue weighted by Crippen LogP contribution is -2.09. The molecule has 4 heteroatoms. The van der Waals surface area contributed by atoms with Gasteiger partial charge in [-0.3, -0.25) is 4.79 Å². The average Bonchev–Trinajstić information content (AvgIpc) is 3.34. The van der Waals surface area contributed by atoms with E-state index >= 15 is 0 Å². The van der Waals surface area contributed by atoms with Gasteiger partial charge in [0.2, 0.25) is 5.89 Å². The number of anilines is 1. The van der Waals surface area contributed by atoms with E-state index in [-0.39, 0.29) is 5.78 Å². The number of carbonyl (C=O) groups excluding carboxylic acids is 1. The number of Topliss-reactive ketones (excluding diaryl/α,β-unsaturated/α-hetero) is 1. The Morgan fingerprint density at radius 3 is 2.17 bits per heavy atom. The summed E-state index contributed by atoms with van der Waals surface area (Å²) in [5, 5.41) is 3.20. The standard InChI is InChI=1S/C31H26N2O2/c1-21-11-9-18-27(28(21)25-16-10-17-26(19-25)32-20-22(2)34)31-33-29(23-12-5-3-6-13-23)30(35-31)24-14-7-4-8-15-24/h3-19,32H,20H2,1-2H3. The maximum absolute atomic E-state index is 11.5. The van der Waals surface area contributed by atoms with E-state index in [1.807, 2.05) is 72.8 Å². The van der Waals surface area contributed by atoms with Crippen molar-refractivity contribution in [3.05, 3.63) is 109 Å². The number of carbonyl (C=O) groups is 1. The van der Waals surface area contributed by atoms with Gasteiger partial charge >= 0.3 is 0 Å². The summed E-state index contributed by atoms with van der Waals surface area (Å²) in [4.78, 5) is 16.5. The molecule has 0 aliphatic rings. The summed E-state index contributed by atoms with van der Waals surface area (Å²) in [5.41, 5.74) is 7.83. The molecular formula is C31H26N2O2. The van der Waals surface area contributed by atoms with Crippen LogP contribution in [0.1, 0.15) is 12.5 Å². The van der Waals surface area contributed by atoms with E-state index in [9.17, 15) is 4.79 Å². The topological polar surface area (TPSA) is 55.1 Å². The average molecular weight is 459 g/mol. The zero-order valence-electron chi connectivity index (χ0n) is 19.8. The molecule has 0 bridgehead atoms. The second kappa shape index (κ2) is 9.82. The maximum atomic E-state index is 11.5. The van der Waals surface area contributed by atoms with E-state index in [4.69, 9.17) is 9.40 Å². The number of nitrogens with one attached hydrogen (secondary N) is 1. The molecule has 5 rings (SSSR count). The monoisotopic (exact) mass is 458 g/mol. The molecule has 0 aliphatic carbocycles. The first-order valence-corrected chi connectivity index (χ1v) is 11.7. The van der Waals surface area contributed by atoms with Gasteiger partial charge in [-0.2, -0.15) is 0 Å². The smallest absolute Gasteiger partial charge is 0.228 e. The van der Waals surface area contributed by atoms with Crippen molar-refractivity contribution in [2.24, 2.45) is 0 Å². The number of nitrogens with zero attached hydrogens (tertiary/aromatic N) is 1. The molecule has 4 nitrogen and oxygen atoms in total. The first kappa shape index (κ1) is 22.4. The second-order valence-electron chi connectivity index (χ2n) is 8.56. The Bertz CT molecular complexity index is 1410. The molecular weight excluding hydrogens is 432 g/mol. The lowest BCUT2D eigenvalue weighted by molar-refractivity contribution is -0.115. The summed E-state index contributed by atoms with van der Waals surface area (Å²) in [5.74, 6) is 1.41. The molecule has 0 atom stereocenters. The van der Waals surface area contributed by atoms with Gasteiger partial charge in [0.15, 0.2) is 5.76 Å². The van der Waals surface area contributed by atoms with E-state index in [0.717, 1.165) is 50.5 Å². The molecule has 0 saturated heterocycles. The summed E-state index contributed by atoms with van der Waals surface area (Å²) >= 11 is 0. The van der Waals surface area contributed by atoms with Crippen molar-refractivity contribution >= 4 is 11.5 Å². The van der Waals surface area contributed by atoms with Crippen LogP contribution in [-0.2, 0) is 4.79 Å². The number of ketones is 1. The Kier molecular flexibility index (Phi) is 6.27. The molecule has 0 amide bonds. The third-order valence-electron chi connectivity index (χ3n) is 5.91. The van der Waals surface area contributed by atoms with Crippen molar-refractivity contribution in [2.45, 2.75) is 13.8 Å². The van der Waals surface area contributed by atoms with Gasteiger partial charge in [-0.05, 0) is 48.7 Å². The van der Waals surface area contributed by atoms with Gasteiger partial charge in [0.25, 0.3) is 0 Å². The summed E-state index contributed by atoms with van der Waals surface area (Å²) < 4.78 is 6.50. The van der Waals surface area contributed by atoms with Gasteiger partial charge in [0.05, 0.1) is 6.54 Å². The predicted molar refractivity (Wildman–Crippen MR) is 142 cm³/mol. The molecule has 0 unspecified atom stereocenters. The lowest BCUT2D eigenvalue weighted by atomic mass is 9.94. The quantitative estimate of drug-likeness (QED) is 0.272. The Labute approximate surface area is 205 Å². The maximum Gasteiger partial charge on any atom is 0.228 e. The van der Waals surface area contributed by atoms with E-state index < -0.39 is 0 Å². The van der Waals surface area contributed by atoms with Crippen molar-refractivity contribution in [2.75, 3.05) is 11.9 Å². The van der Waals surface area contributed by atoms with Gasteiger partial charge in [-0.1, -0.05) is 84.9 Å². The van der Waals surface area contributed by atoms with E-state index in [2.05, 4.69) is 42.6 Å². The van der Waals surface area contributed by atoms with Crippen LogP contribution in [0.4, 0.5) is 5.69 Å². The Morgan fingerprint density at radius 1 is 0.800 bits per heavy atom. The molecule has 0 spiro atoms. The highest BCUT2D eigenvalue weighted by Gasteiger charge is 2.21. The van der Waals surface area contributed by atoms with Crippen LogP contribution < -0.4 is 5.32 Å². The molecule has 4 aromatic carbocycles. The SMILES string of the molecule is CC(=O)CNc1cccc(-c2c(C)cccc2-c2nc(-c3ccccc3)c(-c3ccccc3)o2)c1. The Hall–Kier alpha value is -4.44. The molecule has 0 aliphatic heterocycles. The fourth-order valence-corrected chi connectivity index (χ4v) is 4.25. The summed E-state index contributed by atoms with van der Waals surface area (Å²) in [6.45, 7) is 3.96.